The van der Waals surface area contributed by atoms with E-state index in [9.17, 15) is 8.42 Å². The maximum atomic E-state index is 11.7. The zero-order valence-electron chi connectivity index (χ0n) is 12.1. The molecule has 0 amide bonds. The van der Waals surface area contributed by atoms with Crippen LogP contribution in [-0.4, -0.2) is 37.9 Å². The zero-order chi connectivity index (χ0) is 15.5. The minimum absolute atomic E-state index is 0.244. The minimum Gasteiger partial charge on any atom is -0.213 e. The molecule has 0 bridgehead atoms. The van der Waals surface area contributed by atoms with Crippen LogP contribution in [0.2, 0.25) is 5.02 Å². The molecule has 2 unspecified atom stereocenters. The lowest BCUT2D eigenvalue weighted by molar-refractivity contribution is 0.249. The van der Waals surface area contributed by atoms with E-state index in [2.05, 4.69) is 0 Å². The standard InChI is InChI=1S/C15H21Cl2NO2S/c1-21(19,20)18-8-2-3-12(11-18)9-14(10-16)13-4-6-15(17)7-5-13/h4-7,12,14H,2-3,8-11H2,1H3. The van der Waals surface area contributed by atoms with Crippen molar-refractivity contribution in [2.75, 3.05) is 25.2 Å². The van der Waals surface area contributed by atoms with E-state index in [4.69, 9.17) is 23.2 Å². The smallest absolute Gasteiger partial charge is 0.211 e. The summed E-state index contributed by atoms with van der Waals surface area (Å²) in [4.78, 5) is 0. The topological polar surface area (TPSA) is 37.4 Å². The van der Waals surface area contributed by atoms with E-state index in [-0.39, 0.29) is 5.92 Å². The van der Waals surface area contributed by atoms with Gasteiger partial charge in [0.1, 0.15) is 0 Å². The molecule has 1 aromatic rings. The van der Waals surface area contributed by atoms with Crippen LogP contribution in [0.5, 0.6) is 0 Å². The van der Waals surface area contributed by atoms with Crippen molar-refractivity contribution in [2.45, 2.75) is 25.2 Å². The number of rotatable bonds is 5. The average Bonchev–Trinajstić information content (AvgIpc) is 2.45. The van der Waals surface area contributed by atoms with Gasteiger partial charge in [-0.1, -0.05) is 23.7 Å². The molecular formula is C15H21Cl2NO2S. The van der Waals surface area contributed by atoms with Gasteiger partial charge in [0.05, 0.1) is 6.26 Å². The fraction of sp³-hybridized carbons (Fsp3) is 0.600. The molecule has 2 rings (SSSR count). The summed E-state index contributed by atoms with van der Waals surface area (Å²) in [5.41, 5.74) is 1.17. The number of hydrogen-bond donors (Lipinski definition) is 0. The molecule has 2 atom stereocenters. The van der Waals surface area contributed by atoms with Gasteiger partial charge < -0.3 is 0 Å². The molecule has 0 spiro atoms. The third-order valence-corrected chi connectivity index (χ3v) is 5.99. The van der Waals surface area contributed by atoms with E-state index < -0.39 is 10.0 Å². The molecule has 0 aromatic heterocycles. The Balaban J connectivity index is 2.03. The van der Waals surface area contributed by atoms with Gasteiger partial charge in [-0.3, -0.25) is 0 Å². The van der Waals surface area contributed by atoms with E-state index in [0.29, 0.717) is 29.9 Å². The minimum atomic E-state index is -3.09. The third-order valence-electron chi connectivity index (χ3n) is 4.10. The van der Waals surface area contributed by atoms with Crippen LogP contribution in [0.4, 0.5) is 0 Å². The highest BCUT2D eigenvalue weighted by Gasteiger charge is 2.27. The van der Waals surface area contributed by atoms with Crippen LogP contribution < -0.4 is 0 Å². The van der Waals surface area contributed by atoms with Crippen molar-refractivity contribution in [2.24, 2.45) is 5.92 Å². The van der Waals surface area contributed by atoms with Gasteiger partial charge in [-0.2, -0.15) is 0 Å². The first-order valence-electron chi connectivity index (χ1n) is 7.16. The Hall–Kier alpha value is -0.290. The molecule has 1 heterocycles. The van der Waals surface area contributed by atoms with Crippen molar-refractivity contribution < 1.29 is 8.42 Å². The third kappa shape index (κ3) is 4.85. The summed E-state index contributed by atoms with van der Waals surface area (Å²) in [6, 6.07) is 7.76. The predicted octanol–water partition coefficient (Wildman–Crippen LogP) is 3.72. The predicted molar refractivity (Wildman–Crippen MR) is 88.7 cm³/mol. The summed E-state index contributed by atoms with van der Waals surface area (Å²) in [6.45, 7) is 1.25. The number of sulfonamides is 1. The van der Waals surface area contributed by atoms with E-state index in [0.717, 1.165) is 19.3 Å². The van der Waals surface area contributed by atoms with Crippen molar-refractivity contribution in [3.05, 3.63) is 34.9 Å². The van der Waals surface area contributed by atoms with Crippen molar-refractivity contribution in [1.29, 1.82) is 0 Å². The lowest BCUT2D eigenvalue weighted by atomic mass is 9.86. The first-order valence-corrected chi connectivity index (χ1v) is 9.92. The highest BCUT2D eigenvalue weighted by atomic mass is 35.5. The highest BCUT2D eigenvalue weighted by Crippen LogP contribution is 2.31. The first kappa shape index (κ1) is 17.1. The zero-order valence-corrected chi connectivity index (χ0v) is 14.5. The summed E-state index contributed by atoms with van der Waals surface area (Å²) >= 11 is 12.0. The summed E-state index contributed by atoms with van der Waals surface area (Å²) in [5, 5.41) is 0.716. The fourth-order valence-corrected chi connectivity index (χ4v) is 4.32. The van der Waals surface area contributed by atoms with Crippen LogP contribution in [-0.2, 0) is 10.0 Å². The number of halogens is 2. The normalized spacial score (nSPS) is 22.1. The summed E-state index contributed by atoms with van der Waals surface area (Å²) in [6.07, 6.45) is 4.19. The summed E-state index contributed by atoms with van der Waals surface area (Å²) in [7, 11) is -3.09. The second-order valence-electron chi connectivity index (χ2n) is 5.77. The second-order valence-corrected chi connectivity index (χ2v) is 8.50. The Morgan fingerprint density at radius 3 is 2.57 bits per heavy atom. The first-order chi connectivity index (χ1) is 9.90. The number of hydrogen-bond acceptors (Lipinski definition) is 2. The van der Waals surface area contributed by atoms with Gasteiger partial charge in [-0.15, -0.1) is 11.6 Å². The van der Waals surface area contributed by atoms with Gasteiger partial charge in [0.2, 0.25) is 10.0 Å². The maximum Gasteiger partial charge on any atom is 0.211 e. The molecule has 1 fully saturated rings. The molecular weight excluding hydrogens is 329 g/mol. The van der Waals surface area contributed by atoms with Crippen LogP contribution in [0, 0.1) is 5.92 Å². The van der Waals surface area contributed by atoms with Crippen LogP contribution in [0.25, 0.3) is 0 Å². The molecule has 3 nitrogen and oxygen atoms in total. The molecule has 1 aromatic carbocycles. The van der Waals surface area contributed by atoms with E-state index in [1.54, 1.807) is 4.31 Å². The van der Waals surface area contributed by atoms with Crippen LogP contribution in [0.3, 0.4) is 0 Å². The van der Waals surface area contributed by atoms with Crippen molar-refractivity contribution >= 4 is 33.2 Å². The van der Waals surface area contributed by atoms with Gasteiger partial charge in [0.25, 0.3) is 0 Å². The monoisotopic (exact) mass is 349 g/mol. The van der Waals surface area contributed by atoms with E-state index in [1.807, 2.05) is 24.3 Å². The molecule has 118 valence electrons. The van der Waals surface area contributed by atoms with Crippen molar-refractivity contribution in [1.82, 2.24) is 4.31 Å². The molecule has 0 radical (unpaired) electrons. The lowest BCUT2D eigenvalue weighted by Gasteiger charge is -2.32. The summed E-state index contributed by atoms with van der Waals surface area (Å²) < 4.78 is 25.0. The van der Waals surface area contributed by atoms with Gasteiger partial charge in [-0.05, 0) is 48.8 Å². The molecule has 0 N–H and O–H groups in total. The van der Waals surface area contributed by atoms with E-state index >= 15 is 0 Å². The number of alkyl halides is 1. The van der Waals surface area contributed by atoms with Gasteiger partial charge in [-0.25, -0.2) is 12.7 Å². The Kier molecular flexibility index (Phi) is 5.95. The molecule has 1 aliphatic rings. The molecule has 1 saturated heterocycles. The van der Waals surface area contributed by atoms with Crippen LogP contribution in [0.1, 0.15) is 30.7 Å². The number of piperidine rings is 1. The number of nitrogens with zero attached hydrogens (tertiary/aromatic N) is 1. The molecule has 6 heteroatoms. The van der Waals surface area contributed by atoms with Crippen LogP contribution in [0.15, 0.2) is 24.3 Å². The number of benzene rings is 1. The fourth-order valence-electron chi connectivity index (χ4n) is 2.95. The van der Waals surface area contributed by atoms with Crippen molar-refractivity contribution in [3.63, 3.8) is 0 Å². The molecule has 1 aliphatic heterocycles. The Labute approximate surface area is 137 Å². The average molecular weight is 350 g/mol. The molecule has 0 aliphatic carbocycles. The maximum absolute atomic E-state index is 11.7. The SMILES string of the molecule is CS(=O)(=O)N1CCCC(CC(CCl)c2ccc(Cl)cc2)C1. The Bertz CT molecular complexity index is 560. The van der Waals surface area contributed by atoms with Gasteiger partial charge >= 0.3 is 0 Å². The Morgan fingerprint density at radius 1 is 1.33 bits per heavy atom. The van der Waals surface area contributed by atoms with E-state index in [1.165, 1.54) is 11.8 Å². The molecule has 21 heavy (non-hydrogen) atoms. The van der Waals surface area contributed by atoms with Crippen molar-refractivity contribution in [3.8, 4) is 0 Å². The molecule has 0 saturated carbocycles. The van der Waals surface area contributed by atoms with Crippen LogP contribution >= 0.6 is 23.2 Å². The summed E-state index contributed by atoms with van der Waals surface area (Å²) in [5.74, 6) is 1.15. The van der Waals surface area contributed by atoms with Gasteiger partial charge in [0.15, 0.2) is 0 Å². The largest absolute Gasteiger partial charge is 0.213 e. The highest BCUT2D eigenvalue weighted by molar-refractivity contribution is 7.88. The quantitative estimate of drug-likeness (QED) is 0.759. The Morgan fingerprint density at radius 2 is 2.00 bits per heavy atom. The van der Waals surface area contributed by atoms with Gasteiger partial charge in [0, 0.05) is 24.0 Å². The lowest BCUT2D eigenvalue weighted by Crippen LogP contribution is -2.39. The second kappa shape index (κ2) is 7.32.